The molecule has 5 heteroatoms. The largest absolute Gasteiger partial charge is 0.305 e. The Morgan fingerprint density at radius 2 is 1.11 bits per heavy atom. The van der Waals surface area contributed by atoms with Crippen LogP contribution in [0.1, 0.15) is 11.1 Å². The average molecular weight is 859 g/mol. The van der Waals surface area contributed by atoms with E-state index in [-0.39, 0.29) is 20.1 Å². The van der Waals surface area contributed by atoms with Gasteiger partial charge in [0.05, 0.1) is 5.52 Å². The quantitative estimate of drug-likeness (QED) is 0.128. The summed E-state index contributed by atoms with van der Waals surface area (Å²) in [5, 5.41) is 3.59. The van der Waals surface area contributed by atoms with E-state index in [1.165, 1.54) is 44.2 Å². The Morgan fingerprint density at radius 1 is 0.453 bits per heavy atom. The maximum Gasteiger partial charge on any atom is 0.0714 e. The zero-order valence-corrected chi connectivity index (χ0v) is 31.7. The number of pyridine rings is 4. The van der Waals surface area contributed by atoms with Crippen LogP contribution in [0.25, 0.3) is 77.6 Å². The van der Waals surface area contributed by atoms with Crippen molar-refractivity contribution in [3.8, 4) is 55.9 Å². The van der Waals surface area contributed by atoms with Gasteiger partial charge in [0.25, 0.3) is 0 Å². The molecule has 257 valence electrons. The van der Waals surface area contributed by atoms with Crippen molar-refractivity contribution in [1.82, 2.24) is 19.9 Å². The van der Waals surface area contributed by atoms with Gasteiger partial charge in [-0.2, -0.15) is 0 Å². The van der Waals surface area contributed by atoms with Gasteiger partial charge in [-0.15, -0.1) is 65.2 Å². The van der Waals surface area contributed by atoms with Crippen molar-refractivity contribution in [2.24, 2.45) is 0 Å². The molecular formula is C48H34IrN4-2. The van der Waals surface area contributed by atoms with E-state index >= 15 is 0 Å². The van der Waals surface area contributed by atoms with Crippen molar-refractivity contribution in [2.45, 2.75) is 13.8 Å². The van der Waals surface area contributed by atoms with Gasteiger partial charge in [0.15, 0.2) is 0 Å². The van der Waals surface area contributed by atoms with Crippen molar-refractivity contribution in [2.75, 3.05) is 0 Å². The Bertz CT molecular complexity index is 2590. The Labute approximate surface area is 323 Å². The predicted molar refractivity (Wildman–Crippen MR) is 213 cm³/mol. The van der Waals surface area contributed by atoms with Crippen LogP contribution in [0.3, 0.4) is 0 Å². The first-order valence-electron chi connectivity index (χ1n) is 17.3. The fourth-order valence-electron chi connectivity index (χ4n) is 6.75. The van der Waals surface area contributed by atoms with E-state index in [1.807, 2.05) is 91.5 Å². The summed E-state index contributed by atoms with van der Waals surface area (Å²) in [6.07, 6.45) is 9.20. The summed E-state index contributed by atoms with van der Waals surface area (Å²) in [7, 11) is 0. The van der Waals surface area contributed by atoms with Gasteiger partial charge >= 0.3 is 0 Å². The van der Waals surface area contributed by atoms with Crippen LogP contribution < -0.4 is 0 Å². The summed E-state index contributed by atoms with van der Waals surface area (Å²) >= 11 is 0. The normalized spacial score (nSPS) is 10.7. The molecule has 0 fully saturated rings. The third-order valence-electron chi connectivity index (χ3n) is 9.38. The third-order valence-corrected chi connectivity index (χ3v) is 9.38. The minimum atomic E-state index is 0. The molecule has 0 N–H and O–H groups in total. The molecule has 53 heavy (non-hydrogen) atoms. The van der Waals surface area contributed by atoms with Crippen LogP contribution in [0.4, 0.5) is 0 Å². The minimum Gasteiger partial charge on any atom is -0.305 e. The van der Waals surface area contributed by atoms with Crippen LogP contribution in [-0.2, 0) is 20.1 Å². The van der Waals surface area contributed by atoms with Crippen LogP contribution >= 0.6 is 0 Å². The molecule has 0 saturated carbocycles. The van der Waals surface area contributed by atoms with E-state index < -0.39 is 0 Å². The van der Waals surface area contributed by atoms with Gasteiger partial charge < -0.3 is 9.97 Å². The Kier molecular flexibility index (Phi) is 10.7. The molecule has 5 aromatic carbocycles. The van der Waals surface area contributed by atoms with Crippen LogP contribution in [-0.4, -0.2) is 19.9 Å². The monoisotopic (exact) mass is 859 g/mol. The molecule has 0 unspecified atom stereocenters. The predicted octanol–water partition coefficient (Wildman–Crippen LogP) is 11.8. The summed E-state index contributed by atoms with van der Waals surface area (Å²) in [6, 6.07) is 54.4. The molecule has 0 aliphatic rings. The number of rotatable bonds is 5. The maximum atomic E-state index is 4.74. The number of fused-ring (bicyclic) bond motifs is 3. The summed E-state index contributed by atoms with van der Waals surface area (Å²) in [5.74, 6) is 0. The van der Waals surface area contributed by atoms with Crippen LogP contribution in [0.5, 0.6) is 0 Å². The van der Waals surface area contributed by atoms with E-state index in [0.29, 0.717) is 0 Å². The standard InChI is InChI=1S/C37H26N3.C11H8N.Ir/c1-24-12-13-27(36-11-5-6-16-39-36)20-32(24)34-22-28(21-33(25(34)2)26-14-18-38-19-15-26)35-23-37-31(10-7-17-40-37)29-8-3-4-9-30(29)35;1-2-6-10(7-3-1)11-8-4-5-9-12-11;/h3-12,14-23H,1-2H3;1-6,8-9H;/q2*-1;. The van der Waals surface area contributed by atoms with Crippen molar-refractivity contribution < 1.29 is 20.1 Å². The van der Waals surface area contributed by atoms with Crippen LogP contribution in [0, 0.1) is 26.0 Å². The SMILES string of the molecule is Cc1c[c-]c(-c2ccccn2)cc1-c1cc(-c2cc3ncccc3c3ccccc23)cc(-c2ccncc2)c1C.[Ir].[c-]1ccccc1-c1ccccn1. The zero-order chi connectivity index (χ0) is 35.3. The van der Waals surface area contributed by atoms with E-state index in [1.54, 1.807) is 6.20 Å². The molecule has 4 aromatic heterocycles. The number of benzene rings is 5. The Hall–Kier alpha value is -6.13. The summed E-state index contributed by atoms with van der Waals surface area (Å²) < 4.78 is 0. The average Bonchev–Trinajstić information content (AvgIpc) is 3.22. The van der Waals surface area contributed by atoms with Crippen LogP contribution in [0.2, 0.25) is 0 Å². The minimum absolute atomic E-state index is 0. The molecule has 9 rings (SSSR count). The molecule has 1 radical (unpaired) electrons. The van der Waals surface area contributed by atoms with Crippen molar-refractivity contribution in [3.63, 3.8) is 0 Å². The van der Waals surface area contributed by atoms with Gasteiger partial charge in [0, 0.05) is 56.5 Å². The number of aromatic nitrogens is 4. The van der Waals surface area contributed by atoms with Gasteiger partial charge in [-0.05, 0) is 111 Å². The molecule has 0 amide bonds. The second kappa shape index (κ2) is 16.0. The molecule has 9 aromatic rings. The van der Waals surface area contributed by atoms with E-state index in [4.69, 9.17) is 4.98 Å². The second-order valence-electron chi connectivity index (χ2n) is 12.6. The fraction of sp³-hybridized carbons (Fsp3) is 0.0417. The molecule has 0 spiro atoms. The molecule has 0 atom stereocenters. The van der Waals surface area contributed by atoms with E-state index in [0.717, 1.165) is 44.5 Å². The van der Waals surface area contributed by atoms with Gasteiger partial charge in [-0.1, -0.05) is 67.1 Å². The summed E-state index contributed by atoms with van der Waals surface area (Å²) in [4.78, 5) is 17.8. The van der Waals surface area contributed by atoms with Gasteiger partial charge in [-0.3, -0.25) is 9.97 Å². The second-order valence-corrected chi connectivity index (χ2v) is 12.6. The third kappa shape index (κ3) is 7.45. The van der Waals surface area contributed by atoms with E-state index in [2.05, 4.69) is 114 Å². The Morgan fingerprint density at radius 3 is 1.83 bits per heavy atom. The van der Waals surface area contributed by atoms with Crippen LogP contribution in [0.15, 0.2) is 171 Å². The van der Waals surface area contributed by atoms with Gasteiger partial charge in [0.2, 0.25) is 0 Å². The number of nitrogens with zero attached hydrogens (tertiary/aromatic N) is 4. The van der Waals surface area contributed by atoms with Gasteiger partial charge in [0.1, 0.15) is 0 Å². The molecule has 0 saturated heterocycles. The molecular weight excluding hydrogens is 825 g/mol. The first-order valence-corrected chi connectivity index (χ1v) is 17.3. The number of aryl methyl sites for hydroxylation is 1. The van der Waals surface area contributed by atoms with E-state index in [9.17, 15) is 0 Å². The first kappa shape index (κ1) is 35.3. The maximum absolute atomic E-state index is 4.74. The molecule has 4 nitrogen and oxygen atoms in total. The molecule has 0 aliphatic heterocycles. The van der Waals surface area contributed by atoms with Gasteiger partial charge in [-0.25, -0.2) is 0 Å². The first-order chi connectivity index (χ1) is 25.6. The topological polar surface area (TPSA) is 51.6 Å². The van der Waals surface area contributed by atoms with Crippen molar-refractivity contribution in [1.29, 1.82) is 0 Å². The smallest absolute Gasteiger partial charge is 0.0714 e. The molecule has 4 heterocycles. The Balaban J connectivity index is 0.000000284. The zero-order valence-electron chi connectivity index (χ0n) is 29.3. The molecule has 0 aliphatic carbocycles. The molecule has 0 bridgehead atoms. The number of hydrogen-bond donors (Lipinski definition) is 0. The van der Waals surface area contributed by atoms with Crippen molar-refractivity contribution in [3.05, 3.63) is 194 Å². The summed E-state index contributed by atoms with van der Waals surface area (Å²) in [5.41, 5.74) is 14.3. The van der Waals surface area contributed by atoms with Crippen molar-refractivity contribution >= 4 is 21.7 Å². The number of hydrogen-bond acceptors (Lipinski definition) is 4. The fourth-order valence-corrected chi connectivity index (χ4v) is 6.75. The summed E-state index contributed by atoms with van der Waals surface area (Å²) in [6.45, 7) is 4.37.